The summed E-state index contributed by atoms with van der Waals surface area (Å²) in [6.45, 7) is 2.04. The number of carbonyl (C=O) groups is 2. The van der Waals surface area contributed by atoms with Gasteiger partial charge in [0.15, 0.2) is 0 Å². The van der Waals surface area contributed by atoms with Crippen molar-refractivity contribution in [1.82, 2.24) is 9.62 Å². The Hall–Kier alpha value is -1.93. The normalized spacial score (nSPS) is 16.8. The van der Waals surface area contributed by atoms with E-state index < -0.39 is 10.0 Å². The van der Waals surface area contributed by atoms with Crippen LogP contribution in [0.5, 0.6) is 0 Å². The highest BCUT2D eigenvalue weighted by atomic mass is 32.2. The van der Waals surface area contributed by atoms with E-state index in [1.807, 2.05) is 0 Å². The van der Waals surface area contributed by atoms with Crippen LogP contribution >= 0.6 is 0 Å². The van der Waals surface area contributed by atoms with Crippen LogP contribution in [0.1, 0.15) is 19.8 Å². The largest absolute Gasteiger partial charge is 0.359 e. The molecule has 23 heavy (non-hydrogen) atoms. The fourth-order valence-electron chi connectivity index (χ4n) is 2.63. The summed E-state index contributed by atoms with van der Waals surface area (Å²) >= 11 is 0. The lowest BCUT2D eigenvalue weighted by molar-refractivity contribution is -0.125. The van der Waals surface area contributed by atoms with Crippen molar-refractivity contribution in [2.45, 2.75) is 24.7 Å². The maximum atomic E-state index is 12.6. The van der Waals surface area contributed by atoms with Crippen LogP contribution in [0, 0.1) is 5.92 Å². The Morgan fingerprint density at radius 1 is 1.13 bits per heavy atom. The number of nitrogens with one attached hydrogen (secondary N) is 2. The molecule has 1 aromatic rings. The summed E-state index contributed by atoms with van der Waals surface area (Å²) in [7, 11) is -1.99. The maximum Gasteiger partial charge on any atom is 0.243 e. The van der Waals surface area contributed by atoms with Crippen LogP contribution in [0.4, 0.5) is 5.69 Å². The molecule has 1 aliphatic rings. The number of hydrogen-bond donors (Lipinski definition) is 2. The molecule has 1 aromatic carbocycles. The molecular weight excluding hydrogens is 318 g/mol. The standard InChI is InChI=1S/C15H21N3O4S/c1-11(19)17-13-3-5-14(6-4-13)23(21,22)18-9-7-12(8-10-18)15(20)16-2/h3-6,12H,7-10H2,1-2H3,(H,16,20)(H,17,19). The number of benzene rings is 1. The summed E-state index contributed by atoms with van der Waals surface area (Å²) in [6, 6.07) is 6.08. The number of amides is 2. The number of sulfonamides is 1. The van der Waals surface area contributed by atoms with Crippen molar-refractivity contribution in [1.29, 1.82) is 0 Å². The van der Waals surface area contributed by atoms with Crippen LogP contribution in [0.15, 0.2) is 29.2 Å². The van der Waals surface area contributed by atoms with Crippen LogP contribution < -0.4 is 10.6 Å². The van der Waals surface area contributed by atoms with Gasteiger partial charge >= 0.3 is 0 Å². The quantitative estimate of drug-likeness (QED) is 0.848. The molecule has 2 amide bonds. The number of carbonyl (C=O) groups excluding carboxylic acids is 2. The van der Waals surface area contributed by atoms with Gasteiger partial charge in [-0.15, -0.1) is 0 Å². The number of hydrogen-bond acceptors (Lipinski definition) is 4. The highest BCUT2D eigenvalue weighted by Crippen LogP contribution is 2.24. The van der Waals surface area contributed by atoms with Gasteiger partial charge in [0, 0.05) is 38.7 Å². The molecule has 1 fully saturated rings. The first-order chi connectivity index (χ1) is 10.8. The van der Waals surface area contributed by atoms with E-state index in [0.29, 0.717) is 31.6 Å². The first-order valence-electron chi connectivity index (χ1n) is 7.44. The van der Waals surface area contributed by atoms with Crippen LogP contribution in [0.3, 0.4) is 0 Å². The smallest absolute Gasteiger partial charge is 0.243 e. The molecule has 7 nitrogen and oxygen atoms in total. The summed E-state index contributed by atoms with van der Waals surface area (Å²) in [5.41, 5.74) is 0.551. The van der Waals surface area contributed by atoms with E-state index in [9.17, 15) is 18.0 Å². The van der Waals surface area contributed by atoms with E-state index in [1.54, 1.807) is 19.2 Å². The lowest BCUT2D eigenvalue weighted by Crippen LogP contribution is -2.42. The third-order valence-electron chi connectivity index (χ3n) is 3.88. The zero-order chi connectivity index (χ0) is 17.0. The summed E-state index contributed by atoms with van der Waals surface area (Å²) in [5.74, 6) is -0.382. The predicted octanol–water partition coefficient (Wildman–Crippen LogP) is 0.792. The zero-order valence-electron chi connectivity index (χ0n) is 13.2. The topological polar surface area (TPSA) is 95.6 Å². The average Bonchev–Trinajstić information content (AvgIpc) is 2.54. The molecule has 0 aliphatic carbocycles. The average molecular weight is 339 g/mol. The van der Waals surface area contributed by atoms with E-state index in [2.05, 4.69) is 10.6 Å². The number of nitrogens with zero attached hydrogens (tertiary/aromatic N) is 1. The molecule has 0 saturated carbocycles. The Morgan fingerprint density at radius 3 is 2.17 bits per heavy atom. The molecule has 0 unspecified atom stereocenters. The van der Waals surface area contributed by atoms with E-state index in [0.717, 1.165) is 0 Å². The van der Waals surface area contributed by atoms with Crippen molar-refractivity contribution in [2.24, 2.45) is 5.92 Å². The van der Waals surface area contributed by atoms with Crippen molar-refractivity contribution in [3.63, 3.8) is 0 Å². The Bertz CT molecular complexity index is 677. The number of anilines is 1. The van der Waals surface area contributed by atoms with Gasteiger partial charge in [-0.3, -0.25) is 9.59 Å². The second-order valence-corrected chi connectivity index (χ2v) is 7.44. The predicted molar refractivity (Wildman–Crippen MR) is 86.3 cm³/mol. The van der Waals surface area contributed by atoms with Gasteiger partial charge in [0.25, 0.3) is 0 Å². The van der Waals surface area contributed by atoms with Crippen molar-refractivity contribution in [3.8, 4) is 0 Å². The van der Waals surface area contributed by atoms with Crippen molar-refractivity contribution in [2.75, 3.05) is 25.5 Å². The van der Waals surface area contributed by atoms with Gasteiger partial charge in [-0.1, -0.05) is 0 Å². The fraction of sp³-hybridized carbons (Fsp3) is 0.467. The molecule has 0 bridgehead atoms. The Kier molecular flexibility index (Phi) is 5.38. The van der Waals surface area contributed by atoms with Gasteiger partial charge in [0.1, 0.15) is 0 Å². The van der Waals surface area contributed by atoms with Gasteiger partial charge < -0.3 is 10.6 Å². The van der Waals surface area contributed by atoms with Crippen LogP contribution in [0.25, 0.3) is 0 Å². The maximum absolute atomic E-state index is 12.6. The van der Waals surface area contributed by atoms with E-state index in [-0.39, 0.29) is 22.6 Å². The van der Waals surface area contributed by atoms with Crippen LogP contribution in [0.2, 0.25) is 0 Å². The number of rotatable bonds is 4. The summed E-state index contributed by atoms with van der Waals surface area (Å²) in [6.07, 6.45) is 1.03. The van der Waals surface area contributed by atoms with Gasteiger partial charge in [0.05, 0.1) is 4.90 Å². The first-order valence-corrected chi connectivity index (χ1v) is 8.88. The van der Waals surface area contributed by atoms with Gasteiger partial charge in [-0.05, 0) is 37.1 Å². The summed E-state index contributed by atoms with van der Waals surface area (Å²) in [4.78, 5) is 22.8. The van der Waals surface area contributed by atoms with E-state index in [1.165, 1.54) is 23.4 Å². The van der Waals surface area contributed by atoms with Crippen LogP contribution in [-0.4, -0.2) is 44.7 Å². The summed E-state index contributed by atoms with van der Waals surface area (Å²) < 4.78 is 26.6. The minimum atomic E-state index is -3.57. The third kappa shape index (κ3) is 4.08. The van der Waals surface area contributed by atoms with E-state index in [4.69, 9.17) is 0 Å². The van der Waals surface area contributed by atoms with Crippen molar-refractivity contribution in [3.05, 3.63) is 24.3 Å². The van der Waals surface area contributed by atoms with Crippen LogP contribution in [-0.2, 0) is 19.6 Å². The SMILES string of the molecule is CNC(=O)C1CCN(S(=O)(=O)c2ccc(NC(C)=O)cc2)CC1. The second kappa shape index (κ2) is 7.10. The molecule has 126 valence electrons. The molecule has 0 atom stereocenters. The molecular formula is C15H21N3O4S. The zero-order valence-corrected chi connectivity index (χ0v) is 14.0. The lowest BCUT2D eigenvalue weighted by atomic mass is 9.97. The Labute approximate surface area is 136 Å². The summed E-state index contributed by atoms with van der Waals surface area (Å²) in [5, 5.41) is 5.20. The lowest BCUT2D eigenvalue weighted by Gasteiger charge is -2.30. The van der Waals surface area contributed by atoms with Gasteiger partial charge in [0.2, 0.25) is 21.8 Å². The van der Waals surface area contributed by atoms with Gasteiger partial charge in [-0.2, -0.15) is 4.31 Å². The molecule has 0 radical (unpaired) electrons. The molecule has 1 heterocycles. The highest BCUT2D eigenvalue weighted by molar-refractivity contribution is 7.89. The second-order valence-electron chi connectivity index (χ2n) is 5.50. The highest BCUT2D eigenvalue weighted by Gasteiger charge is 2.31. The third-order valence-corrected chi connectivity index (χ3v) is 5.80. The Balaban J connectivity index is 2.07. The molecule has 2 rings (SSSR count). The Morgan fingerprint density at radius 2 is 1.70 bits per heavy atom. The molecule has 1 aliphatic heterocycles. The monoisotopic (exact) mass is 339 g/mol. The van der Waals surface area contributed by atoms with Crippen molar-refractivity contribution >= 4 is 27.5 Å². The molecule has 0 aromatic heterocycles. The molecule has 8 heteroatoms. The molecule has 1 saturated heterocycles. The first kappa shape index (κ1) is 17.4. The molecule has 2 N–H and O–H groups in total. The molecule has 0 spiro atoms. The minimum Gasteiger partial charge on any atom is -0.359 e. The fourth-order valence-corrected chi connectivity index (χ4v) is 4.09. The minimum absolute atomic E-state index is 0.0401. The van der Waals surface area contributed by atoms with E-state index >= 15 is 0 Å². The van der Waals surface area contributed by atoms with Crippen molar-refractivity contribution < 1.29 is 18.0 Å². The number of piperidine rings is 1. The van der Waals surface area contributed by atoms with Gasteiger partial charge in [-0.25, -0.2) is 8.42 Å².